The van der Waals surface area contributed by atoms with Crippen LogP contribution in [0.1, 0.15) is 5.56 Å². The first-order valence-electron chi connectivity index (χ1n) is 7.69. The Morgan fingerprint density at radius 2 is 1.61 bits per heavy atom. The van der Waals surface area contributed by atoms with E-state index in [1.807, 2.05) is 30.3 Å². The lowest BCUT2D eigenvalue weighted by Gasteiger charge is -2.13. The van der Waals surface area contributed by atoms with Crippen molar-refractivity contribution >= 4 is 0 Å². The molecule has 0 saturated carbocycles. The molecule has 0 fully saturated rings. The van der Waals surface area contributed by atoms with Gasteiger partial charge in [-0.3, -0.25) is 0 Å². The largest absolute Gasteiger partial charge is 0.489 e. The van der Waals surface area contributed by atoms with Crippen LogP contribution in [0.25, 0.3) is 22.3 Å². The van der Waals surface area contributed by atoms with Crippen molar-refractivity contribution in [3.05, 3.63) is 85.0 Å². The Morgan fingerprint density at radius 1 is 0.870 bits per heavy atom. The van der Waals surface area contributed by atoms with Gasteiger partial charge in [0.2, 0.25) is 0 Å². The van der Waals surface area contributed by atoms with E-state index in [2.05, 4.69) is 25.1 Å². The highest BCUT2D eigenvalue weighted by molar-refractivity contribution is 5.80. The zero-order valence-electron chi connectivity index (χ0n) is 12.6. The van der Waals surface area contributed by atoms with Gasteiger partial charge in [0.05, 0.1) is 0 Å². The molecule has 1 atom stereocenters. The van der Waals surface area contributed by atoms with Crippen molar-refractivity contribution in [2.75, 3.05) is 0 Å². The minimum atomic E-state index is -0.240. The van der Waals surface area contributed by atoms with Crippen LogP contribution in [0, 0.1) is 12.7 Å². The second kappa shape index (κ2) is 5.54. The number of rotatable bonds is 2. The molecule has 3 aromatic rings. The fourth-order valence-corrected chi connectivity index (χ4v) is 3.11. The molecule has 0 saturated heterocycles. The SMILES string of the molecule is [CH2]C1Cc2cc(-c3ccccc3)cc(-c3ccccc3F)c2O1. The van der Waals surface area contributed by atoms with E-state index < -0.39 is 0 Å². The van der Waals surface area contributed by atoms with Crippen molar-refractivity contribution in [1.82, 2.24) is 0 Å². The summed E-state index contributed by atoms with van der Waals surface area (Å²) >= 11 is 0. The van der Waals surface area contributed by atoms with Gasteiger partial charge in [0.15, 0.2) is 0 Å². The Morgan fingerprint density at radius 3 is 2.39 bits per heavy atom. The van der Waals surface area contributed by atoms with Gasteiger partial charge in [0, 0.05) is 17.5 Å². The van der Waals surface area contributed by atoms with E-state index in [0.29, 0.717) is 5.56 Å². The molecule has 0 aliphatic carbocycles. The van der Waals surface area contributed by atoms with Crippen LogP contribution in [0.3, 0.4) is 0 Å². The van der Waals surface area contributed by atoms with Crippen LogP contribution < -0.4 is 4.74 Å². The minimum Gasteiger partial charge on any atom is -0.489 e. The van der Waals surface area contributed by atoms with Crippen molar-refractivity contribution in [1.29, 1.82) is 0 Å². The Balaban J connectivity index is 1.95. The molecule has 113 valence electrons. The van der Waals surface area contributed by atoms with Crippen molar-refractivity contribution < 1.29 is 9.13 Å². The Labute approximate surface area is 135 Å². The maximum Gasteiger partial charge on any atom is 0.131 e. The van der Waals surface area contributed by atoms with Gasteiger partial charge in [-0.15, -0.1) is 0 Å². The topological polar surface area (TPSA) is 9.23 Å². The predicted octanol–water partition coefficient (Wildman–Crippen LogP) is 5.30. The number of hydrogen-bond donors (Lipinski definition) is 0. The molecule has 1 aliphatic rings. The summed E-state index contributed by atoms with van der Waals surface area (Å²) < 4.78 is 20.2. The number of ether oxygens (including phenoxy) is 1. The minimum absolute atomic E-state index is 0.124. The molecule has 0 bridgehead atoms. The van der Waals surface area contributed by atoms with E-state index >= 15 is 0 Å². The van der Waals surface area contributed by atoms with Crippen LogP contribution in [-0.4, -0.2) is 6.10 Å². The summed E-state index contributed by atoms with van der Waals surface area (Å²) in [6.45, 7) is 4.00. The zero-order chi connectivity index (χ0) is 15.8. The molecular weight excluding hydrogens is 287 g/mol. The van der Waals surface area contributed by atoms with Gasteiger partial charge >= 0.3 is 0 Å². The summed E-state index contributed by atoms with van der Waals surface area (Å²) in [5.74, 6) is 0.519. The molecular formula is C21H16FO. The lowest BCUT2D eigenvalue weighted by molar-refractivity contribution is 0.282. The first-order chi connectivity index (χ1) is 11.2. The van der Waals surface area contributed by atoms with Gasteiger partial charge in [-0.1, -0.05) is 48.5 Å². The molecule has 1 radical (unpaired) electrons. The lowest BCUT2D eigenvalue weighted by Crippen LogP contribution is -2.06. The molecule has 3 aromatic carbocycles. The normalized spacial score (nSPS) is 16.0. The van der Waals surface area contributed by atoms with E-state index in [4.69, 9.17) is 4.74 Å². The highest BCUT2D eigenvalue weighted by Crippen LogP contribution is 2.42. The maximum absolute atomic E-state index is 14.3. The average Bonchev–Trinajstić information content (AvgIpc) is 2.95. The standard InChI is InChI=1S/C21H16FO/c1-14-11-17-12-16(15-7-3-2-4-8-15)13-19(21(17)23-14)18-9-5-6-10-20(18)22/h2-10,12-14H,1,11H2. The molecule has 23 heavy (non-hydrogen) atoms. The maximum atomic E-state index is 14.3. The Kier molecular flexibility index (Phi) is 3.38. The monoisotopic (exact) mass is 303 g/mol. The fourth-order valence-electron chi connectivity index (χ4n) is 3.11. The van der Waals surface area contributed by atoms with E-state index in [1.54, 1.807) is 12.1 Å². The predicted molar refractivity (Wildman–Crippen MR) is 90.7 cm³/mol. The molecule has 0 amide bonds. The second-order valence-corrected chi connectivity index (χ2v) is 5.80. The van der Waals surface area contributed by atoms with E-state index in [-0.39, 0.29) is 11.9 Å². The van der Waals surface area contributed by atoms with Crippen molar-refractivity contribution in [3.8, 4) is 28.0 Å². The third kappa shape index (κ3) is 2.50. The number of fused-ring (bicyclic) bond motifs is 1. The third-order valence-corrected chi connectivity index (χ3v) is 4.17. The van der Waals surface area contributed by atoms with Gasteiger partial charge in [-0.2, -0.15) is 0 Å². The Bertz CT molecular complexity index is 855. The summed E-state index contributed by atoms with van der Waals surface area (Å²) in [7, 11) is 0. The van der Waals surface area contributed by atoms with Gasteiger partial charge in [0.25, 0.3) is 0 Å². The third-order valence-electron chi connectivity index (χ3n) is 4.17. The molecule has 1 nitrogen and oxygen atoms in total. The van der Waals surface area contributed by atoms with Crippen LogP contribution in [0.5, 0.6) is 5.75 Å². The summed E-state index contributed by atoms with van der Waals surface area (Å²) in [6.07, 6.45) is 0.624. The van der Waals surface area contributed by atoms with Crippen molar-refractivity contribution in [2.45, 2.75) is 12.5 Å². The van der Waals surface area contributed by atoms with E-state index in [9.17, 15) is 4.39 Å². The summed E-state index contributed by atoms with van der Waals surface area (Å²) in [5.41, 5.74) is 4.63. The van der Waals surface area contributed by atoms with Crippen LogP contribution in [0.15, 0.2) is 66.7 Å². The quantitative estimate of drug-likeness (QED) is 0.624. The molecule has 4 rings (SSSR count). The van der Waals surface area contributed by atoms with Gasteiger partial charge in [0.1, 0.15) is 17.7 Å². The van der Waals surface area contributed by atoms with Crippen LogP contribution in [0.4, 0.5) is 4.39 Å². The lowest BCUT2D eigenvalue weighted by atomic mass is 9.94. The first-order valence-corrected chi connectivity index (χ1v) is 7.69. The summed E-state index contributed by atoms with van der Waals surface area (Å²) in [4.78, 5) is 0. The van der Waals surface area contributed by atoms with Crippen LogP contribution in [0.2, 0.25) is 0 Å². The van der Waals surface area contributed by atoms with Gasteiger partial charge in [-0.05, 0) is 41.8 Å². The molecule has 1 unspecified atom stereocenters. The van der Waals surface area contributed by atoms with Crippen LogP contribution >= 0.6 is 0 Å². The molecule has 0 aromatic heterocycles. The number of benzene rings is 3. The second-order valence-electron chi connectivity index (χ2n) is 5.80. The number of hydrogen-bond acceptors (Lipinski definition) is 1. The van der Waals surface area contributed by atoms with E-state index in [1.165, 1.54) is 6.07 Å². The first kappa shape index (κ1) is 14.0. The highest BCUT2D eigenvalue weighted by atomic mass is 19.1. The van der Waals surface area contributed by atoms with Crippen LogP contribution in [-0.2, 0) is 6.42 Å². The van der Waals surface area contributed by atoms with Crippen molar-refractivity contribution in [3.63, 3.8) is 0 Å². The number of halogens is 1. The Hall–Kier alpha value is -2.61. The van der Waals surface area contributed by atoms with Crippen molar-refractivity contribution in [2.24, 2.45) is 0 Å². The molecule has 1 aliphatic heterocycles. The molecule has 2 heteroatoms. The zero-order valence-corrected chi connectivity index (χ0v) is 12.6. The van der Waals surface area contributed by atoms with E-state index in [0.717, 1.165) is 34.4 Å². The molecule has 1 heterocycles. The fraction of sp³-hybridized carbons (Fsp3) is 0.0952. The van der Waals surface area contributed by atoms with Gasteiger partial charge < -0.3 is 4.74 Å². The smallest absolute Gasteiger partial charge is 0.131 e. The summed E-state index contributed by atoms with van der Waals surface area (Å²) in [6, 6.07) is 21.1. The average molecular weight is 303 g/mol. The highest BCUT2D eigenvalue weighted by Gasteiger charge is 2.25. The molecule has 0 N–H and O–H groups in total. The molecule has 0 spiro atoms. The summed E-state index contributed by atoms with van der Waals surface area (Å²) in [5, 5.41) is 0. The van der Waals surface area contributed by atoms with Gasteiger partial charge in [-0.25, -0.2) is 4.39 Å².